The van der Waals surface area contributed by atoms with Crippen LogP contribution in [0.1, 0.15) is 47.0 Å². The highest BCUT2D eigenvalue weighted by Gasteiger charge is 2.30. The minimum Gasteiger partial charge on any atom is -0.466 e. The van der Waals surface area contributed by atoms with Gasteiger partial charge in [-0.15, -0.1) is 0 Å². The standard InChI is InChI=1S/C19H35N3O4/c1-5-25-17(23)8-11-20-9-6-16(7-10-20)21-12-14-22(15-13-21)18(24)26-19(2,3)4/h16H,5-15H2,1-4H3. The highest BCUT2D eigenvalue weighted by atomic mass is 16.6. The lowest BCUT2D eigenvalue weighted by Gasteiger charge is -2.42. The van der Waals surface area contributed by atoms with Crippen LogP contribution >= 0.6 is 0 Å². The molecule has 0 aromatic rings. The molecule has 2 aliphatic rings. The van der Waals surface area contributed by atoms with Gasteiger partial charge in [-0.2, -0.15) is 0 Å². The van der Waals surface area contributed by atoms with Gasteiger partial charge in [-0.05, 0) is 53.6 Å². The Hall–Kier alpha value is -1.34. The zero-order valence-electron chi connectivity index (χ0n) is 16.8. The lowest BCUT2D eigenvalue weighted by atomic mass is 10.0. The van der Waals surface area contributed by atoms with Crippen molar-refractivity contribution in [2.75, 3.05) is 52.4 Å². The summed E-state index contributed by atoms with van der Waals surface area (Å²) < 4.78 is 10.5. The molecule has 2 saturated heterocycles. The third-order valence-corrected chi connectivity index (χ3v) is 4.98. The van der Waals surface area contributed by atoms with Crippen LogP contribution in [0, 0.1) is 0 Å². The summed E-state index contributed by atoms with van der Waals surface area (Å²) in [6, 6.07) is 0.578. The van der Waals surface area contributed by atoms with Gasteiger partial charge < -0.3 is 19.3 Å². The molecule has 7 heteroatoms. The summed E-state index contributed by atoms with van der Waals surface area (Å²) in [5.74, 6) is -0.104. The molecule has 0 aromatic carbocycles. The molecule has 2 rings (SSSR count). The number of likely N-dealkylation sites (tertiary alicyclic amines) is 1. The molecule has 0 unspecified atom stereocenters. The maximum atomic E-state index is 12.2. The van der Waals surface area contributed by atoms with Crippen LogP contribution in [0.5, 0.6) is 0 Å². The smallest absolute Gasteiger partial charge is 0.410 e. The fraction of sp³-hybridized carbons (Fsp3) is 0.895. The average Bonchev–Trinajstić information content (AvgIpc) is 2.59. The van der Waals surface area contributed by atoms with E-state index in [0.717, 1.165) is 58.7 Å². The molecule has 0 bridgehead atoms. The molecule has 0 spiro atoms. The molecule has 0 radical (unpaired) electrons. The highest BCUT2D eigenvalue weighted by Crippen LogP contribution is 2.19. The summed E-state index contributed by atoms with van der Waals surface area (Å²) >= 11 is 0. The molecule has 2 aliphatic heterocycles. The lowest BCUT2D eigenvalue weighted by Crippen LogP contribution is -2.55. The Morgan fingerprint density at radius 2 is 1.62 bits per heavy atom. The first-order valence-corrected chi connectivity index (χ1v) is 9.88. The zero-order valence-corrected chi connectivity index (χ0v) is 16.8. The van der Waals surface area contributed by atoms with Crippen molar-refractivity contribution in [2.24, 2.45) is 0 Å². The molecule has 2 heterocycles. The number of carbonyl (C=O) groups is 2. The first-order valence-electron chi connectivity index (χ1n) is 9.88. The summed E-state index contributed by atoms with van der Waals surface area (Å²) in [5.41, 5.74) is -0.440. The van der Waals surface area contributed by atoms with Crippen molar-refractivity contribution in [3.05, 3.63) is 0 Å². The second-order valence-electron chi connectivity index (χ2n) is 8.13. The predicted molar refractivity (Wildman–Crippen MR) is 100 cm³/mol. The molecule has 0 N–H and O–H groups in total. The van der Waals surface area contributed by atoms with E-state index < -0.39 is 5.60 Å². The number of hydrogen-bond acceptors (Lipinski definition) is 6. The molecule has 0 aliphatic carbocycles. The van der Waals surface area contributed by atoms with Crippen molar-refractivity contribution in [2.45, 2.75) is 58.6 Å². The van der Waals surface area contributed by atoms with E-state index in [4.69, 9.17) is 9.47 Å². The zero-order chi connectivity index (χ0) is 19.2. The van der Waals surface area contributed by atoms with Crippen molar-refractivity contribution in [1.29, 1.82) is 0 Å². The number of piperazine rings is 1. The van der Waals surface area contributed by atoms with Crippen LogP contribution in [0.4, 0.5) is 4.79 Å². The number of hydrogen-bond donors (Lipinski definition) is 0. The van der Waals surface area contributed by atoms with Gasteiger partial charge in [0.15, 0.2) is 0 Å². The highest BCUT2D eigenvalue weighted by molar-refractivity contribution is 5.69. The number of carbonyl (C=O) groups excluding carboxylic acids is 2. The topological polar surface area (TPSA) is 62.3 Å². The second kappa shape index (κ2) is 9.55. The molecule has 1 amide bonds. The molecule has 26 heavy (non-hydrogen) atoms. The molecular weight excluding hydrogens is 334 g/mol. The third-order valence-electron chi connectivity index (χ3n) is 4.98. The van der Waals surface area contributed by atoms with E-state index >= 15 is 0 Å². The van der Waals surface area contributed by atoms with E-state index in [9.17, 15) is 9.59 Å². The maximum Gasteiger partial charge on any atom is 0.410 e. The summed E-state index contributed by atoms with van der Waals surface area (Å²) in [6.45, 7) is 14.1. The Morgan fingerprint density at radius 1 is 1.00 bits per heavy atom. The molecule has 2 fully saturated rings. The molecule has 0 aromatic heterocycles. The Kier molecular flexibility index (Phi) is 7.70. The van der Waals surface area contributed by atoms with Crippen molar-refractivity contribution < 1.29 is 19.1 Å². The predicted octanol–water partition coefficient (Wildman–Crippen LogP) is 1.96. The van der Waals surface area contributed by atoms with Crippen LogP contribution in [0.2, 0.25) is 0 Å². The van der Waals surface area contributed by atoms with Gasteiger partial charge in [-0.25, -0.2) is 4.79 Å². The van der Waals surface area contributed by atoms with E-state index in [1.165, 1.54) is 0 Å². The molecule has 150 valence electrons. The van der Waals surface area contributed by atoms with Gasteiger partial charge in [0.1, 0.15) is 5.60 Å². The quantitative estimate of drug-likeness (QED) is 0.691. The number of amides is 1. The number of esters is 1. The van der Waals surface area contributed by atoms with Crippen molar-refractivity contribution in [3.8, 4) is 0 Å². The molecular formula is C19H35N3O4. The number of ether oxygens (including phenoxy) is 2. The van der Waals surface area contributed by atoms with Gasteiger partial charge in [0.25, 0.3) is 0 Å². The maximum absolute atomic E-state index is 12.2. The van der Waals surface area contributed by atoms with Crippen LogP contribution in [0.15, 0.2) is 0 Å². The Bertz CT molecular complexity index is 462. The fourth-order valence-electron chi connectivity index (χ4n) is 3.59. The number of rotatable bonds is 5. The molecule has 0 atom stereocenters. The fourth-order valence-corrected chi connectivity index (χ4v) is 3.59. The number of nitrogens with zero attached hydrogens (tertiary/aromatic N) is 3. The van der Waals surface area contributed by atoms with Gasteiger partial charge in [-0.3, -0.25) is 9.69 Å². The van der Waals surface area contributed by atoms with E-state index in [1.54, 1.807) is 0 Å². The largest absolute Gasteiger partial charge is 0.466 e. The molecule has 0 saturated carbocycles. The normalized spacial score (nSPS) is 20.8. The van der Waals surface area contributed by atoms with E-state index in [1.807, 2.05) is 32.6 Å². The minimum absolute atomic E-state index is 0.104. The first-order chi connectivity index (χ1) is 12.3. The lowest BCUT2D eigenvalue weighted by molar-refractivity contribution is -0.143. The summed E-state index contributed by atoms with van der Waals surface area (Å²) in [4.78, 5) is 30.3. The molecule has 7 nitrogen and oxygen atoms in total. The van der Waals surface area contributed by atoms with Gasteiger partial charge in [0.2, 0.25) is 0 Å². The van der Waals surface area contributed by atoms with E-state index in [0.29, 0.717) is 19.1 Å². The summed E-state index contributed by atoms with van der Waals surface area (Å²) in [7, 11) is 0. The Morgan fingerprint density at radius 3 is 2.15 bits per heavy atom. The Labute approximate surface area is 157 Å². The van der Waals surface area contributed by atoms with Crippen molar-refractivity contribution in [3.63, 3.8) is 0 Å². The van der Waals surface area contributed by atoms with E-state index in [-0.39, 0.29) is 12.1 Å². The monoisotopic (exact) mass is 369 g/mol. The van der Waals surface area contributed by atoms with Gasteiger partial charge in [0, 0.05) is 38.8 Å². The van der Waals surface area contributed by atoms with Crippen LogP contribution in [-0.2, 0) is 14.3 Å². The summed E-state index contributed by atoms with van der Waals surface area (Å²) in [6.07, 6.45) is 2.52. The van der Waals surface area contributed by atoms with Crippen molar-refractivity contribution in [1.82, 2.24) is 14.7 Å². The van der Waals surface area contributed by atoms with Gasteiger partial charge in [-0.1, -0.05) is 0 Å². The SMILES string of the molecule is CCOC(=O)CCN1CCC(N2CCN(C(=O)OC(C)(C)C)CC2)CC1. The first kappa shape index (κ1) is 21.0. The van der Waals surface area contributed by atoms with Crippen LogP contribution in [0.3, 0.4) is 0 Å². The summed E-state index contributed by atoms with van der Waals surface area (Å²) in [5, 5.41) is 0. The second-order valence-corrected chi connectivity index (χ2v) is 8.13. The van der Waals surface area contributed by atoms with Crippen molar-refractivity contribution >= 4 is 12.1 Å². The van der Waals surface area contributed by atoms with Crippen LogP contribution < -0.4 is 0 Å². The average molecular weight is 370 g/mol. The van der Waals surface area contributed by atoms with Gasteiger partial charge >= 0.3 is 12.1 Å². The third kappa shape index (κ3) is 6.76. The van der Waals surface area contributed by atoms with Crippen LogP contribution in [0.25, 0.3) is 0 Å². The number of piperidine rings is 1. The van der Waals surface area contributed by atoms with Gasteiger partial charge in [0.05, 0.1) is 13.0 Å². The Balaban J connectivity index is 1.66. The minimum atomic E-state index is -0.440. The van der Waals surface area contributed by atoms with E-state index in [2.05, 4.69) is 9.80 Å². The van der Waals surface area contributed by atoms with Crippen LogP contribution in [-0.4, -0.2) is 90.8 Å².